The van der Waals surface area contributed by atoms with Crippen molar-refractivity contribution >= 4 is 51.0 Å². The molecule has 0 spiro atoms. The predicted octanol–water partition coefficient (Wildman–Crippen LogP) is 4.17. The van der Waals surface area contributed by atoms with E-state index in [-0.39, 0.29) is 0 Å². The van der Waals surface area contributed by atoms with Gasteiger partial charge in [0.05, 0.1) is 4.70 Å². The fourth-order valence-corrected chi connectivity index (χ4v) is 4.39. The van der Waals surface area contributed by atoms with E-state index in [4.69, 9.17) is 0 Å². The Hall–Kier alpha value is -1.82. The van der Waals surface area contributed by atoms with Gasteiger partial charge in [-0.05, 0) is 75.5 Å². The van der Waals surface area contributed by atoms with Gasteiger partial charge >= 0.3 is 0 Å². The van der Waals surface area contributed by atoms with Crippen molar-refractivity contribution in [1.29, 1.82) is 0 Å². The molecule has 21 heavy (non-hydrogen) atoms. The first-order chi connectivity index (χ1) is 10.3. The van der Waals surface area contributed by atoms with Gasteiger partial charge in [0.25, 0.3) is 0 Å². The minimum absolute atomic E-state index is 1.01. The van der Waals surface area contributed by atoms with Crippen LogP contribution in [0.3, 0.4) is 0 Å². The highest BCUT2D eigenvalue weighted by Crippen LogP contribution is 2.23. The van der Waals surface area contributed by atoms with Crippen molar-refractivity contribution in [1.82, 2.24) is 0 Å². The van der Waals surface area contributed by atoms with Gasteiger partial charge < -0.3 is 0 Å². The molecule has 2 heteroatoms. The van der Waals surface area contributed by atoms with Gasteiger partial charge in [-0.15, -0.1) is 11.3 Å². The summed E-state index contributed by atoms with van der Waals surface area (Å²) < 4.78 is 1.28. The van der Waals surface area contributed by atoms with Crippen molar-refractivity contribution in [3.05, 3.63) is 61.5 Å². The zero-order chi connectivity index (χ0) is 14.2. The van der Waals surface area contributed by atoms with Crippen LogP contribution in [0.25, 0.3) is 28.3 Å². The number of benzene rings is 1. The smallest absolute Gasteiger partial charge is 0.0523 e. The molecule has 1 aliphatic carbocycles. The second-order valence-electron chi connectivity index (χ2n) is 5.24. The van der Waals surface area contributed by atoms with E-state index in [0.29, 0.717) is 0 Å². The Bertz CT molecular complexity index is 951. The lowest BCUT2D eigenvalue weighted by atomic mass is 10.0. The van der Waals surface area contributed by atoms with Crippen molar-refractivity contribution in [3.63, 3.8) is 0 Å². The predicted molar refractivity (Wildman–Crippen MR) is 94.0 cm³/mol. The lowest BCUT2D eigenvalue weighted by Crippen LogP contribution is -2.26. The molecule has 0 fully saturated rings. The van der Waals surface area contributed by atoms with E-state index < -0.39 is 0 Å². The molecule has 0 N–H and O–H groups in total. The molecular weight excluding hydrogens is 292 g/mol. The highest BCUT2D eigenvalue weighted by Gasteiger charge is 2.04. The van der Waals surface area contributed by atoms with Gasteiger partial charge in [-0.2, -0.15) is 0 Å². The number of hydrogen-bond donors (Lipinski definition) is 0. The Morgan fingerprint density at radius 1 is 1.29 bits per heavy atom. The summed E-state index contributed by atoms with van der Waals surface area (Å²) in [5.74, 6) is 0. The molecule has 3 aromatic rings. The first kappa shape index (κ1) is 12.9. The summed E-state index contributed by atoms with van der Waals surface area (Å²) in [5, 5.41) is 9.10. The third-order valence-electron chi connectivity index (χ3n) is 3.91. The second kappa shape index (κ2) is 5.18. The Morgan fingerprint density at radius 3 is 3.14 bits per heavy atom. The van der Waals surface area contributed by atoms with Crippen LogP contribution in [0.4, 0.5) is 0 Å². The van der Waals surface area contributed by atoms with Crippen LogP contribution in [0.1, 0.15) is 23.8 Å². The Morgan fingerprint density at radius 2 is 2.24 bits per heavy atom. The van der Waals surface area contributed by atoms with Crippen LogP contribution in [-0.4, -0.2) is 0 Å². The Kier molecular flexibility index (Phi) is 3.18. The molecule has 0 atom stereocenters. The standard InChI is InChI=1S/C19H14S2/c1-2-14-5-7-20-18(14)10-13-3-4-15-12-19-16(6-8-21-19)11-17(15)9-13/h4-5,7,9-12H,2-3H2,1H3/b13-10+. The van der Waals surface area contributed by atoms with Crippen LogP contribution >= 0.6 is 22.7 Å². The van der Waals surface area contributed by atoms with Crippen molar-refractivity contribution in [2.45, 2.75) is 19.8 Å². The molecule has 102 valence electrons. The zero-order valence-electron chi connectivity index (χ0n) is 11.8. The minimum Gasteiger partial charge on any atom is -0.144 e. The maximum absolute atomic E-state index is 3.19. The quantitative estimate of drug-likeness (QED) is 0.666. The third kappa shape index (κ3) is 2.33. The van der Waals surface area contributed by atoms with E-state index in [0.717, 1.165) is 12.8 Å². The van der Waals surface area contributed by atoms with Gasteiger partial charge in [0.2, 0.25) is 0 Å². The van der Waals surface area contributed by atoms with E-state index in [2.05, 4.69) is 60.2 Å². The number of aryl methyl sites for hydroxylation is 1. The summed E-state index contributed by atoms with van der Waals surface area (Å²) in [5.41, 5.74) is 2.83. The summed E-state index contributed by atoms with van der Waals surface area (Å²) in [6, 6.07) is 9.92. The van der Waals surface area contributed by atoms with Crippen LogP contribution in [0.5, 0.6) is 0 Å². The van der Waals surface area contributed by atoms with Crippen LogP contribution in [-0.2, 0) is 6.42 Å². The topological polar surface area (TPSA) is 0 Å². The first-order valence-electron chi connectivity index (χ1n) is 7.14. The van der Waals surface area contributed by atoms with Crippen molar-refractivity contribution < 1.29 is 0 Å². The first-order valence-corrected chi connectivity index (χ1v) is 8.84. The average molecular weight is 306 g/mol. The fraction of sp³-hybridized carbons (Fsp3) is 0.158. The van der Waals surface area contributed by atoms with Gasteiger partial charge in [-0.1, -0.05) is 30.4 Å². The normalized spacial score (nSPS) is 15.4. The number of allylic oxidation sites excluding steroid dienone is 1. The number of fused-ring (bicyclic) bond motifs is 2. The second-order valence-corrected chi connectivity index (χ2v) is 7.04. The molecule has 0 saturated carbocycles. The zero-order valence-corrected chi connectivity index (χ0v) is 13.4. The molecule has 0 unspecified atom stereocenters. The molecule has 0 bridgehead atoms. The Balaban J connectivity index is 1.84. The lowest BCUT2D eigenvalue weighted by molar-refractivity contribution is 1.15. The number of rotatable bonds is 2. The van der Waals surface area contributed by atoms with Crippen molar-refractivity contribution in [2.75, 3.05) is 0 Å². The highest BCUT2D eigenvalue weighted by atomic mass is 32.1. The van der Waals surface area contributed by atoms with E-state index in [1.54, 1.807) is 11.3 Å². The van der Waals surface area contributed by atoms with Crippen LogP contribution in [0.15, 0.2) is 29.2 Å². The van der Waals surface area contributed by atoms with Crippen LogP contribution < -0.4 is 10.4 Å². The monoisotopic (exact) mass is 306 g/mol. The van der Waals surface area contributed by atoms with Gasteiger partial charge in [0.1, 0.15) is 0 Å². The minimum atomic E-state index is 1.01. The lowest BCUT2D eigenvalue weighted by Gasteiger charge is -2.05. The molecule has 2 heterocycles. The molecule has 2 aromatic heterocycles. The fourth-order valence-electron chi connectivity index (χ4n) is 2.75. The summed E-state index contributed by atoms with van der Waals surface area (Å²) in [7, 11) is 0. The number of thiophene rings is 1. The molecule has 0 amide bonds. The average Bonchev–Trinajstić information content (AvgIpc) is 3.13. The molecule has 0 nitrogen and oxygen atoms in total. The van der Waals surface area contributed by atoms with Crippen LogP contribution in [0, 0.1) is 11.4 Å². The maximum atomic E-state index is 3.19. The third-order valence-corrected chi connectivity index (χ3v) is 5.58. The molecule has 0 radical (unpaired) electrons. The van der Waals surface area contributed by atoms with Gasteiger partial charge in [0, 0.05) is 10.3 Å². The molecule has 4 rings (SSSR count). The molecule has 1 aromatic carbocycles. The molecule has 0 saturated heterocycles. The van der Waals surface area contributed by atoms with Gasteiger partial charge in [0.15, 0.2) is 0 Å². The maximum Gasteiger partial charge on any atom is 0.0523 e. The van der Waals surface area contributed by atoms with Crippen LogP contribution in [0.2, 0.25) is 0 Å². The van der Waals surface area contributed by atoms with Crippen molar-refractivity contribution in [3.8, 4) is 0 Å². The van der Waals surface area contributed by atoms with E-state index >= 15 is 0 Å². The van der Waals surface area contributed by atoms with E-state index in [9.17, 15) is 0 Å². The summed E-state index contributed by atoms with van der Waals surface area (Å²) in [6.07, 6.45) is 9.11. The van der Waals surface area contributed by atoms with E-state index in [1.807, 2.05) is 11.3 Å². The Labute approximate surface area is 132 Å². The summed E-state index contributed by atoms with van der Waals surface area (Å²) in [4.78, 5) is 1.40. The molecule has 1 aliphatic rings. The number of hydrogen-bond acceptors (Lipinski definition) is 2. The van der Waals surface area contributed by atoms with Gasteiger partial charge in [-0.25, -0.2) is 0 Å². The van der Waals surface area contributed by atoms with Crippen molar-refractivity contribution in [2.24, 2.45) is 0 Å². The summed E-state index contributed by atoms with van der Waals surface area (Å²) >= 11 is 3.48. The SMILES string of the molecule is CCc1ccsc1/C=C1/C=c2cc3c#csc3cc2=CC1. The van der Waals surface area contributed by atoms with Gasteiger partial charge in [-0.3, -0.25) is 0 Å². The van der Waals surface area contributed by atoms with E-state index in [1.165, 1.54) is 36.5 Å². The summed E-state index contributed by atoms with van der Waals surface area (Å²) in [6.45, 7) is 2.22. The molecule has 0 aliphatic heterocycles. The highest BCUT2D eigenvalue weighted by molar-refractivity contribution is 7.16. The molecular formula is C19H14S2. The largest absolute Gasteiger partial charge is 0.144 e.